The average Bonchev–Trinajstić information content (AvgIpc) is 2.29. The smallest absolute Gasteiger partial charge is 0.122 e. The number of methoxy groups -OCH3 is 1. The molecule has 0 spiro atoms. The maximum atomic E-state index is 6.05. The molecule has 0 aromatic heterocycles. The molecule has 0 amide bonds. The topological polar surface area (TPSA) is 47.3 Å². The van der Waals surface area contributed by atoms with Crippen LogP contribution in [0.5, 0.6) is 5.75 Å². The maximum Gasteiger partial charge on any atom is 0.122 e. The molecule has 17 heavy (non-hydrogen) atoms. The first-order valence-corrected chi connectivity index (χ1v) is 6.14. The number of ether oxygens (including phenoxy) is 1. The van der Waals surface area contributed by atoms with Gasteiger partial charge in [0.25, 0.3) is 0 Å². The molecule has 96 valence electrons. The Morgan fingerprint density at radius 1 is 1.41 bits per heavy atom. The molecule has 3 nitrogen and oxygen atoms in total. The normalized spacial score (nSPS) is 11.6. The quantitative estimate of drug-likeness (QED) is 0.767. The van der Waals surface area contributed by atoms with E-state index in [0.717, 1.165) is 29.4 Å². The summed E-state index contributed by atoms with van der Waals surface area (Å²) in [6, 6.07) is 5.71. The van der Waals surface area contributed by atoms with Crippen LogP contribution in [0.25, 0.3) is 0 Å². The van der Waals surface area contributed by atoms with Crippen molar-refractivity contribution in [3.8, 4) is 5.75 Å². The van der Waals surface area contributed by atoms with Gasteiger partial charge >= 0.3 is 0 Å². The Kier molecular flexibility index (Phi) is 5.25. The summed E-state index contributed by atoms with van der Waals surface area (Å²) in [6.45, 7) is 6.60. The monoisotopic (exact) mass is 256 g/mol. The molecule has 0 atom stereocenters. The third-order valence-electron chi connectivity index (χ3n) is 2.78. The van der Waals surface area contributed by atoms with Gasteiger partial charge < -0.3 is 15.8 Å². The summed E-state index contributed by atoms with van der Waals surface area (Å²) < 4.78 is 5.38. The lowest BCUT2D eigenvalue weighted by Crippen LogP contribution is -2.35. The fourth-order valence-corrected chi connectivity index (χ4v) is 1.98. The van der Waals surface area contributed by atoms with Crippen molar-refractivity contribution in [2.75, 3.05) is 26.7 Å². The summed E-state index contributed by atoms with van der Waals surface area (Å²) in [5.74, 6) is 0.869. The number of benzene rings is 1. The minimum Gasteiger partial charge on any atom is -0.496 e. The number of halogens is 1. The van der Waals surface area contributed by atoms with Gasteiger partial charge in [-0.05, 0) is 18.2 Å². The Bertz CT molecular complexity index is 366. The van der Waals surface area contributed by atoms with Gasteiger partial charge in [0, 0.05) is 35.6 Å². The van der Waals surface area contributed by atoms with Gasteiger partial charge in [-0.1, -0.05) is 25.4 Å². The summed E-state index contributed by atoms with van der Waals surface area (Å²) >= 11 is 6.05. The molecular formula is C13H21ClN2O. The molecule has 0 aliphatic rings. The van der Waals surface area contributed by atoms with Crippen molar-refractivity contribution in [2.24, 2.45) is 5.73 Å². The van der Waals surface area contributed by atoms with E-state index in [1.54, 1.807) is 7.11 Å². The number of rotatable bonds is 6. The van der Waals surface area contributed by atoms with Gasteiger partial charge in [-0.15, -0.1) is 0 Å². The lowest BCUT2D eigenvalue weighted by atomic mass is 9.84. The van der Waals surface area contributed by atoms with E-state index in [0.29, 0.717) is 6.54 Å². The van der Waals surface area contributed by atoms with Crippen molar-refractivity contribution < 1.29 is 4.74 Å². The van der Waals surface area contributed by atoms with Crippen molar-refractivity contribution in [1.82, 2.24) is 5.32 Å². The molecule has 0 aliphatic heterocycles. The second-order valence-electron chi connectivity index (χ2n) is 4.69. The first kappa shape index (κ1) is 14.3. The molecule has 0 saturated carbocycles. The predicted molar refractivity (Wildman–Crippen MR) is 73.0 cm³/mol. The van der Waals surface area contributed by atoms with Crippen LogP contribution in [0.2, 0.25) is 5.02 Å². The molecule has 0 radical (unpaired) electrons. The summed E-state index contributed by atoms with van der Waals surface area (Å²) in [6.07, 6.45) is 0. The van der Waals surface area contributed by atoms with Gasteiger partial charge in [-0.3, -0.25) is 0 Å². The van der Waals surface area contributed by atoms with Crippen molar-refractivity contribution >= 4 is 11.6 Å². The first-order valence-electron chi connectivity index (χ1n) is 5.76. The summed E-state index contributed by atoms with van der Waals surface area (Å²) in [7, 11) is 1.68. The molecule has 1 rings (SSSR count). The molecule has 1 aromatic carbocycles. The van der Waals surface area contributed by atoms with Crippen LogP contribution in [-0.2, 0) is 5.41 Å². The van der Waals surface area contributed by atoms with Crippen LogP contribution in [0.1, 0.15) is 19.4 Å². The molecule has 3 N–H and O–H groups in total. The highest BCUT2D eigenvalue weighted by Gasteiger charge is 2.24. The Balaban J connectivity index is 2.91. The lowest BCUT2D eigenvalue weighted by molar-refractivity contribution is 0.386. The SMILES string of the molecule is COc1ccc(Cl)cc1C(C)(C)CNCCN. The van der Waals surface area contributed by atoms with Crippen LogP contribution in [0.3, 0.4) is 0 Å². The summed E-state index contributed by atoms with van der Waals surface area (Å²) in [5, 5.41) is 4.05. The number of hydrogen-bond acceptors (Lipinski definition) is 3. The van der Waals surface area contributed by atoms with E-state index in [1.807, 2.05) is 18.2 Å². The second kappa shape index (κ2) is 6.24. The second-order valence-corrected chi connectivity index (χ2v) is 5.13. The van der Waals surface area contributed by atoms with E-state index in [9.17, 15) is 0 Å². The molecule has 1 aromatic rings. The van der Waals surface area contributed by atoms with E-state index in [1.165, 1.54) is 0 Å². The van der Waals surface area contributed by atoms with Crippen LogP contribution >= 0.6 is 11.6 Å². The van der Waals surface area contributed by atoms with Gasteiger partial charge in [-0.2, -0.15) is 0 Å². The van der Waals surface area contributed by atoms with Crippen LogP contribution < -0.4 is 15.8 Å². The van der Waals surface area contributed by atoms with Crippen LogP contribution in [0, 0.1) is 0 Å². The molecule has 0 heterocycles. The van der Waals surface area contributed by atoms with Crippen molar-refractivity contribution in [2.45, 2.75) is 19.3 Å². The van der Waals surface area contributed by atoms with Crippen LogP contribution in [0.4, 0.5) is 0 Å². The van der Waals surface area contributed by atoms with Gasteiger partial charge in [-0.25, -0.2) is 0 Å². The molecule has 0 unspecified atom stereocenters. The minimum atomic E-state index is -0.0502. The molecule has 0 fully saturated rings. The minimum absolute atomic E-state index is 0.0502. The zero-order chi connectivity index (χ0) is 12.9. The van der Waals surface area contributed by atoms with E-state index >= 15 is 0 Å². The zero-order valence-electron chi connectivity index (χ0n) is 10.7. The standard InChI is InChI=1S/C13H21ClN2O/c1-13(2,9-16-7-6-15)11-8-10(14)4-5-12(11)17-3/h4-5,8,16H,6-7,9,15H2,1-3H3. The van der Waals surface area contributed by atoms with Gasteiger partial charge in [0.05, 0.1) is 7.11 Å². The largest absolute Gasteiger partial charge is 0.496 e. The zero-order valence-corrected chi connectivity index (χ0v) is 11.5. The Morgan fingerprint density at radius 2 is 2.12 bits per heavy atom. The Labute approximate surface area is 108 Å². The van der Waals surface area contributed by atoms with Crippen LogP contribution in [0.15, 0.2) is 18.2 Å². The van der Waals surface area contributed by atoms with E-state index in [-0.39, 0.29) is 5.41 Å². The van der Waals surface area contributed by atoms with Crippen molar-refractivity contribution in [1.29, 1.82) is 0 Å². The molecule has 0 bridgehead atoms. The van der Waals surface area contributed by atoms with Crippen molar-refractivity contribution in [3.05, 3.63) is 28.8 Å². The first-order chi connectivity index (χ1) is 8.01. The predicted octanol–water partition coefficient (Wildman–Crippen LogP) is 2.17. The average molecular weight is 257 g/mol. The lowest BCUT2D eigenvalue weighted by Gasteiger charge is -2.27. The highest BCUT2D eigenvalue weighted by atomic mass is 35.5. The Hall–Kier alpha value is -0.770. The molecule has 0 aliphatic carbocycles. The highest BCUT2D eigenvalue weighted by Crippen LogP contribution is 2.33. The van der Waals surface area contributed by atoms with E-state index < -0.39 is 0 Å². The van der Waals surface area contributed by atoms with E-state index in [2.05, 4.69) is 19.2 Å². The fourth-order valence-electron chi connectivity index (χ4n) is 1.81. The van der Waals surface area contributed by atoms with Crippen molar-refractivity contribution in [3.63, 3.8) is 0 Å². The van der Waals surface area contributed by atoms with Crippen LogP contribution in [-0.4, -0.2) is 26.7 Å². The van der Waals surface area contributed by atoms with Gasteiger partial charge in [0.15, 0.2) is 0 Å². The third-order valence-corrected chi connectivity index (χ3v) is 3.01. The Morgan fingerprint density at radius 3 is 2.71 bits per heavy atom. The third kappa shape index (κ3) is 3.87. The van der Waals surface area contributed by atoms with E-state index in [4.69, 9.17) is 22.1 Å². The summed E-state index contributed by atoms with van der Waals surface area (Å²) in [4.78, 5) is 0. The van der Waals surface area contributed by atoms with Gasteiger partial charge in [0.1, 0.15) is 5.75 Å². The number of nitrogens with one attached hydrogen (secondary N) is 1. The molecular weight excluding hydrogens is 236 g/mol. The molecule has 4 heteroatoms. The molecule has 0 saturated heterocycles. The summed E-state index contributed by atoms with van der Waals surface area (Å²) in [5.41, 5.74) is 6.53. The maximum absolute atomic E-state index is 6.05. The number of hydrogen-bond donors (Lipinski definition) is 2. The highest BCUT2D eigenvalue weighted by molar-refractivity contribution is 6.30. The fraction of sp³-hybridized carbons (Fsp3) is 0.538. The van der Waals surface area contributed by atoms with Gasteiger partial charge in [0.2, 0.25) is 0 Å². The number of nitrogens with two attached hydrogens (primary N) is 1.